The maximum Gasteiger partial charge on any atom is 0.118 e. The number of methoxy groups -OCH3 is 1. The summed E-state index contributed by atoms with van der Waals surface area (Å²) in [7, 11) is 0.382. The fraction of sp³-hybridized carbons (Fsp3) is 0.556. The first-order valence-corrected chi connectivity index (χ1v) is 8.68. The largest absolute Gasteiger partial charge is 0.497 e. The predicted molar refractivity (Wildman–Crippen MR) is 95.4 cm³/mol. The van der Waals surface area contributed by atoms with Crippen LogP contribution in [-0.4, -0.2) is 21.7 Å². The van der Waals surface area contributed by atoms with Gasteiger partial charge in [-0.15, -0.1) is 0 Å². The van der Waals surface area contributed by atoms with Crippen molar-refractivity contribution in [3.63, 3.8) is 0 Å². The first-order valence-electron chi connectivity index (χ1n) is 7.53. The third-order valence-corrected chi connectivity index (χ3v) is 4.35. The van der Waals surface area contributed by atoms with Crippen LogP contribution in [0, 0.1) is 12.0 Å². The third kappa shape index (κ3) is 7.06. The van der Waals surface area contributed by atoms with E-state index in [0.29, 0.717) is 0 Å². The van der Waals surface area contributed by atoms with Gasteiger partial charge >= 0.3 is 0 Å². The van der Waals surface area contributed by atoms with Gasteiger partial charge in [0.1, 0.15) is 23.5 Å². The van der Waals surface area contributed by atoms with Gasteiger partial charge < -0.3 is 9.47 Å². The molecule has 5 heteroatoms. The Morgan fingerprint density at radius 2 is 1.65 bits per heavy atom. The van der Waals surface area contributed by atoms with E-state index in [4.69, 9.17) is 9.47 Å². The van der Waals surface area contributed by atoms with Gasteiger partial charge in [-0.25, -0.2) is 8.93 Å². The van der Waals surface area contributed by atoms with Gasteiger partial charge in [0.25, 0.3) is 0 Å². The van der Waals surface area contributed by atoms with E-state index in [-0.39, 0.29) is 16.4 Å². The second-order valence-electron chi connectivity index (χ2n) is 7.17. The van der Waals surface area contributed by atoms with Crippen molar-refractivity contribution in [3.05, 3.63) is 29.8 Å². The maximum absolute atomic E-state index is 12.4. The average molecular weight is 337 g/mol. The lowest BCUT2D eigenvalue weighted by Crippen LogP contribution is -2.35. The zero-order valence-corrected chi connectivity index (χ0v) is 15.8. The molecule has 1 aromatic rings. The van der Waals surface area contributed by atoms with E-state index in [1.165, 1.54) is 0 Å². The standard InChI is InChI=1S/C18H27NO3S/c1-17(2,3)22-13-12-16(19-23(20)18(4,5)6)14-8-10-15(21-7)11-9-14/h8-11,16,19H,1-7H3/t16-,23-/m0/s1. The predicted octanol–water partition coefficient (Wildman–Crippen LogP) is 3.56. The zero-order chi connectivity index (χ0) is 17.7. The Labute approximate surface area is 142 Å². The molecule has 0 aliphatic carbocycles. The van der Waals surface area contributed by atoms with Crippen LogP contribution in [0.1, 0.15) is 53.1 Å². The summed E-state index contributed by atoms with van der Waals surface area (Å²) in [6, 6.07) is 7.14. The monoisotopic (exact) mass is 337 g/mol. The second kappa shape index (κ2) is 7.85. The van der Waals surface area contributed by atoms with Crippen LogP contribution in [0.3, 0.4) is 0 Å². The van der Waals surface area contributed by atoms with Gasteiger partial charge in [-0.1, -0.05) is 12.1 Å². The number of benzene rings is 1. The lowest BCUT2D eigenvalue weighted by Gasteiger charge is -2.22. The molecule has 0 spiro atoms. The van der Waals surface area contributed by atoms with Crippen LogP contribution in [0.4, 0.5) is 0 Å². The minimum atomic E-state index is -1.24. The van der Waals surface area contributed by atoms with Gasteiger partial charge in [-0.2, -0.15) is 0 Å². The molecule has 128 valence electrons. The summed E-state index contributed by atoms with van der Waals surface area (Å²) in [6.45, 7) is 11.6. The van der Waals surface area contributed by atoms with Crippen molar-refractivity contribution in [1.29, 1.82) is 0 Å². The Morgan fingerprint density at radius 3 is 2.09 bits per heavy atom. The van der Waals surface area contributed by atoms with Crippen LogP contribution in [0.15, 0.2) is 24.3 Å². The molecule has 0 amide bonds. The number of nitrogens with one attached hydrogen (secondary N) is 1. The number of hydrogen-bond donors (Lipinski definition) is 1. The molecule has 0 aliphatic rings. The topological polar surface area (TPSA) is 47.6 Å². The summed E-state index contributed by atoms with van der Waals surface area (Å²) in [5.41, 5.74) is 0.564. The molecule has 0 heterocycles. The summed E-state index contributed by atoms with van der Waals surface area (Å²) in [5, 5.41) is 0. The van der Waals surface area contributed by atoms with Crippen LogP contribution >= 0.6 is 0 Å². The molecule has 4 nitrogen and oxygen atoms in total. The molecule has 2 atom stereocenters. The van der Waals surface area contributed by atoms with E-state index in [0.717, 1.165) is 11.3 Å². The summed E-state index contributed by atoms with van der Waals surface area (Å²) in [6.07, 6.45) is 2.73. The summed E-state index contributed by atoms with van der Waals surface area (Å²) in [5.74, 6) is 3.78. The SMILES string of the molecule is COc1ccc([C@H](C#COC(C)(C)C)N[S@@](=O)C(C)(C)C)cc1. The van der Waals surface area contributed by atoms with Gasteiger partial charge in [0, 0.05) is 0 Å². The second-order valence-corrected chi connectivity index (χ2v) is 9.16. The van der Waals surface area contributed by atoms with Crippen LogP contribution in [-0.2, 0) is 15.7 Å². The smallest absolute Gasteiger partial charge is 0.118 e. The van der Waals surface area contributed by atoms with E-state index >= 15 is 0 Å². The van der Waals surface area contributed by atoms with Crippen LogP contribution in [0.25, 0.3) is 0 Å². The number of ether oxygens (including phenoxy) is 2. The molecule has 0 radical (unpaired) electrons. The molecule has 0 bridgehead atoms. The Bertz CT molecular complexity index is 586. The Hall–Kier alpha value is -1.51. The average Bonchev–Trinajstić information content (AvgIpc) is 2.44. The van der Waals surface area contributed by atoms with Gasteiger partial charge in [0.2, 0.25) is 0 Å². The Balaban J connectivity index is 3.02. The summed E-state index contributed by atoms with van der Waals surface area (Å²) in [4.78, 5) is 0. The summed E-state index contributed by atoms with van der Waals surface area (Å²) < 4.78 is 25.7. The third-order valence-electron chi connectivity index (χ3n) is 2.79. The number of rotatable bonds is 4. The molecular weight excluding hydrogens is 310 g/mol. The normalized spacial score (nSPS) is 14.4. The summed E-state index contributed by atoms with van der Waals surface area (Å²) >= 11 is 0. The van der Waals surface area contributed by atoms with Crippen molar-refractivity contribution >= 4 is 11.0 Å². The Kier molecular flexibility index (Phi) is 6.67. The molecule has 23 heavy (non-hydrogen) atoms. The Morgan fingerprint density at radius 1 is 1.09 bits per heavy atom. The molecule has 0 saturated heterocycles. The van der Waals surface area contributed by atoms with Crippen LogP contribution in [0.2, 0.25) is 0 Å². The van der Waals surface area contributed by atoms with Crippen LogP contribution in [0.5, 0.6) is 5.75 Å². The van der Waals surface area contributed by atoms with Crippen molar-refractivity contribution in [2.45, 2.75) is 57.9 Å². The highest BCUT2D eigenvalue weighted by molar-refractivity contribution is 7.84. The molecule has 0 unspecified atom stereocenters. The lowest BCUT2D eigenvalue weighted by molar-refractivity contribution is 0.0960. The minimum Gasteiger partial charge on any atom is -0.497 e. The molecule has 1 N–H and O–H groups in total. The number of hydrogen-bond acceptors (Lipinski definition) is 3. The van der Waals surface area contributed by atoms with E-state index in [1.54, 1.807) is 7.11 Å². The zero-order valence-electron chi connectivity index (χ0n) is 15.0. The molecule has 0 aromatic heterocycles. The lowest BCUT2D eigenvalue weighted by atomic mass is 10.1. The van der Waals surface area contributed by atoms with Crippen molar-refractivity contribution in [3.8, 4) is 17.8 Å². The van der Waals surface area contributed by atoms with E-state index < -0.39 is 11.0 Å². The molecule has 0 saturated carbocycles. The first kappa shape index (κ1) is 19.5. The highest BCUT2D eigenvalue weighted by Crippen LogP contribution is 2.20. The molecule has 0 aliphatic heterocycles. The molecule has 1 rings (SSSR count). The van der Waals surface area contributed by atoms with Crippen molar-refractivity contribution in [2.24, 2.45) is 0 Å². The molecular formula is C18H27NO3S. The van der Waals surface area contributed by atoms with Gasteiger partial charge in [-0.3, -0.25) is 0 Å². The van der Waals surface area contributed by atoms with Crippen molar-refractivity contribution in [2.75, 3.05) is 7.11 Å². The van der Waals surface area contributed by atoms with Gasteiger partial charge in [0.15, 0.2) is 0 Å². The minimum absolute atomic E-state index is 0.347. The quantitative estimate of drug-likeness (QED) is 0.855. The fourth-order valence-corrected chi connectivity index (χ4v) is 2.27. The van der Waals surface area contributed by atoms with Crippen molar-refractivity contribution < 1.29 is 13.7 Å². The van der Waals surface area contributed by atoms with Gasteiger partial charge in [-0.05, 0) is 65.2 Å². The van der Waals surface area contributed by atoms with Crippen LogP contribution < -0.4 is 9.46 Å². The van der Waals surface area contributed by atoms with Gasteiger partial charge in [0.05, 0.1) is 22.8 Å². The first-order chi connectivity index (χ1) is 10.5. The van der Waals surface area contributed by atoms with E-state index in [2.05, 4.69) is 16.7 Å². The highest BCUT2D eigenvalue weighted by atomic mass is 32.2. The van der Waals surface area contributed by atoms with E-state index in [1.807, 2.05) is 65.8 Å². The molecule has 1 aromatic carbocycles. The highest BCUT2D eigenvalue weighted by Gasteiger charge is 2.23. The fourth-order valence-electron chi connectivity index (χ4n) is 1.50. The van der Waals surface area contributed by atoms with Crippen molar-refractivity contribution in [1.82, 2.24) is 4.72 Å². The maximum atomic E-state index is 12.4. The molecule has 0 fully saturated rings. The van der Waals surface area contributed by atoms with E-state index in [9.17, 15) is 4.21 Å².